The van der Waals surface area contributed by atoms with Gasteiger partial charge in [0.1, 0.15) is 0 Å². The Bertz CT molecular complexity index is 435. The first-order chi connectivity index (χ1) is 8.68. The first-order valence-electron chi connectivity index (χ1n) is 5.69. The number of carboxylic acid groups (broad SMARTS) is 1. The number of carbonyl (C=O) groups excluding carboxylic acids is 1. The summed E-state index contributed by atoms with van der Waals surface area (Å²) in [5.41, 5.74) is 0.467. The van der Waals surface area contributed by atoms with Gasteiger partial charge in [0, 0.05) is 18.9 Å². The molecule has 18 heavy (non-hydrogen) atoms. The number of morpholine rings is 1. The third kappa shape index (κ3) is 2.84. The van der Waals surface area contributed by atoms with Crippen LogP contribution in [0.4, 0.5) is 0 Å². The summed E-state index contributed by atoms with van der Waals surface area (Å²) in [5, 5.41) is 8.83. The van der Waals surface area contributed by atoms with E-state index in [9.17, 15) is 9.59 Å². The van der Waals surface area contributed by atoms with Gasteiger partial charge in [0.2, 0.25) is 0 Å². The fourth-order valence-electron chi connectivity index (χ4n) is 1.95. The molecule has 1 atom stereocenters. The van der Waals surface area contributed by atoms with Crippen molar-refractivity contribution in [3.63, 3.8) is 0 Å². The molecule has 0 saturated carbocycles. The number of rotatable bonds is 3. The number of hydrogen-bond acceptors (Lipinski definition) is 4. The van der Waals surface area contributed by atoms with Gasteiger partial charge in [-0.15, -0.1) is 0 Å². The number of hydrogen-bond donors (Lipinski definition) is 1. The molecule has 0 radical (unpaired) electrons. The lowest BCUT2D eigenvalue weighted by Crippen LogP contribution is -2.49. The zero-order chi connectivity index (χ0) is 13.0. The first-order valence-corrected chi connectivity index (χ1v) is 5.69. The second-order valence-corrected chi connectivity index (χ2v) is 4.07. The van der Waals surface area contributed by atoms with Gasteiger partial charge < -0.3 is 14.7 Å². The molecule has 1 aromatic heterocycles. The number of carboxylic acids is 1. The van der Waals surface area contributed by atoms with Gasteiger partial charge in [0.25, 0.3) is 5.91 Å². The number of aliphatic carboxylic acids is 1. The Hall–Kier alpha value is -1.95. The van der Waals surface area contributed by atoms with Gasteiger partial charge in [-0.3, -0.25) is 14.6 Å². The van der Waals surface area contributed by atoms with Crippen LogP contribution in [-0.2, 0) is 9.53 Å². The topological polar surface area (TPSA) is 79.7 Å². The number of pyridine rings is 1. The summed E-state index contributed by atoms with van der Waals surface area (Å²) >= 11 is 0. The van der Waals surface area contributed by atoms with Crippen LogP contribution in [0, 0.1) is 0 Å². The predicted octanol–water partition coefficient (Wildman–Crippen LogP) is 0.397. The van der Waals surface area contributed by atoms with Crippen molar-refractivity contribution in [1.29, 1.82) is 0 Å². The molecule has 1 N–H and O–H groups in total. The van der Waals surface area contributed by atoms with Crippen molar-refractivity contribution in [2.45, 2.75) is 12.5 Å². The summed E-state index contributed by atoms with van der Waals surface area (Å²) in [6.45, 7) is 1.10. The van der Waals surface area contributed by atoms with E-state index in [4.69, 9.17) is 9.84 Å². The molecular formula is C12H14N2O4. The van der Waals surface area contributed by atoms with Crippen molar-refractivity contribution in [2.75, 3.05) is 19.8 Å². The Morgan fingerprint density at radius 2 is 2.39 bits per heavy atom. The number of amides is 1. The highest BCUT2D eigenvalue weighted by Crippen LogP contribution is 2.14. The molecule has 6 heteroatoms. The first kappa shape index (κ1) is 12.5. The molecular weight excluding hydrogens is 236 g/mol. The standard InChI is InChI=1S/C12H14N2O4/c15-11(16)6-10-8-18-5-4-14(10)12(17)9-2-1-3-13-7-9/h1-3,7,10H,4-6,8H2,(H,15,16). The van der Waals surface area contributed by atoms with Crippen LogP contribution in [0.25, 0.3) is 0 Å². The third-order valence-corrected chi connectivity index (χ3v) is 2.81. The summed E-state index contributed by atoms with van der Waals surface area (Å²) in [5.74, 6) is -1.13. The van der Waals surface area contributed by atoms with Gasteiger partial charge in [-0.2, -0.15) is 0 Å². The molecule has 1 saturated heterocycles. The van der Waals surface area contributed by atoms with Crippen LogP contribution in [0.1, 0.15) is 16.8 Å². The highest BCUT2D eigenvalue weighted by Gasteiger charge is 2.29. The van der Waals surface area contributed by atoms with Crippen molar-refractivity contribution in [2.24, 2.45) is 0 Å². The largest absolute Gasteiger partial charge is 0.481 e. The molecule has 1 aliphatic rings. The lowest BCUT2D eigenvalue weighted by molar-refractivity contribution is -0.139. The molecule has 2 heterocycles. The van der Waals surface area contributed by atoms with Gasteiger partial charge in [-0.25, -0.2) is 0 Å². The highest BCUT2D eigenvalue weighted by atomic mass is 16.5. The molecule has 0 bridgehead atoms. The van der Waals surface area contributed by atoms with Crippen LogP contribution < -0.4 is 0 Å². The molecule has 6 nitrogen and oxygen atoms in total. The van der Waals surface area contributed by atoms with Crippen LogP contribution >= 0.6 is 0 Å². The summed E-state index contributed by atoms with van der Waals surface area (Å²) in [6, 6.07) is 2.94. The average Bonchev–Trinajstić information content (AvgIpc) is 2.39. The van der Waals surface area contributed by atoms with E-state index in [1.807, 2.05) is 0 Å². The van der Waals surface area contributed by atoms with Crippen LogP contribution in [0.5, 0.6) is 0 Å². The van der Waals surface area contributed by atoms with Crippen molar-refractivity contribution in [3.05, 3.63) is 30.1 Å². The summed E-state index contributed by atoms with van der Waals surface area (Å²) in [4.78, 5) is 28.4. The zero-order valence-corrected chi connectivity index (χ0v) is 9.78. The van der Waals surface area contributed by atoms with Gasteiger partial charge in [0.15, 0.2) is 0 Å². The molecule has 1 unspecified atom stereocenters. The molecule has 2 rings (SSSR count). The minimum atomic E-state index is -0.936. The number of carbonyl (C=O) groups is 2. The van der Waals surface area contributed by atoms with Crippen LogP contribution in [-0.4, -0.2) is 52.7 Å². The van der Waals surface area contributed by atoms with Crippen LogP contribution in [0.3, 0.4) is 0 Å². The lowest BCUT2D eigenvalue weighted by Gasteiger charge is -2.34. The molecule has 0 aromatic carbocycles. The third-order valence-electron chi connectivity index (χ3n) is 2.81. The normalized spacial score (nSPS) is 19.6. The van der Waals surface area contributed by atoms with Crippen LogP contribution in [0.15, 0.2) is 24.5 Å². The zero-order valence-electron chi connectivity index (χ0n) is 9.78. The van der Waals surface area contributed by atoms with E-state index in [1.54, 1.807) is 23.2 Å². The van der Waals surface area contributed by atoms with E-state index in [2.05, 4.69) is 4.98 Å². The number of nitrogens with zero attached hydrogens (tertiary/aromatic N) is 2. The van der Waals surface area contributed by atoms with E-state index in [0.717, 1.165) is 0 Å². The van der Waals surface area contributed by atoms with E-state index in [1.165, 1.54) is 6.20 Å². The Balaban J connectivity index is 2.13. The van der Waals surface area contributed by atoms with E-state index in [0.29, 0.717) is 18.7 Å². The Labute approximate surface area is 104 Å². The molecule has 1 aromatic rings. The highest BCUT2D eigenvalue weighted by molar-refractivity contribution is 5.94. The van der Waals surface area contributed by atoms with Crippen molar-refractivity contribution in [3.8, 4) is 0 Å². The molecule has 1 aliphatic heterocycles. The maximum absolute atomic E-state index is 12.2. The van der Waals surface area contributed by atoms with Crippen molar-refractivity contribution in [1.82, 2.24) is 9.88 Å². The van der Waals surface area contributed by atoms with Crippen LogP contribution in [0.2, 0.25) is 0 Å². The Kier molecular flexibility index (Phi) is 3.88. The van der Waals surface area contributed by atoms with Gasteiger partial charge in [-0.05, 0) is 12.1 Å². The number of aromatic nitrogens is 1. The molecule has 1 fully saturated rings. The second kappa shape index (κ2) is 5.59. The molecule has 1 amide bonds. The quantitative estimate of drug-likeness (QED) is 0.839. The van der Waals surface area contributed by atoms with Crippen molar-refractivity contribution < 1.29 is 19.4 Å². The summed E-state index contributed by atoms with van der Waals surface area (Å²) < 4.78 is 5.23. The lowest BCUT2D eigenvalue weighted by atomic mass is 10.1. The SMILES string of the molecule is O=C(O)CC1COCCN1C(=O)c1cccnc1. The van der Waals surface area contributed by atoms with E-state index >= 15 is 0 Å². The maximum Gasteiger partial charge on any atom is 0.305 e. The van der Waals surface area contributed by atoms with Gasteiger partial charge in [0.05, 0.1) is 31.2 Å². The minimum absolute atomic E-state index is 0.105. The van der Waals surface area contributed by atoms with Gasteiger partial charge >= 0.3 is 5.97 Å². The van der Waals surface area contributed by atoms with E-state index < -0.39 is 12.0 Å². The van der Waals surface area contributed by atoms with Gasteiger partial charge in [-0.1, -0.05) is 0 Å². The van der Waals surface area contributed by atoms with Crippen molar-refractivity contribution >= 4 is 11.9 Å². The fourth-order valence-corrected chi connectivity index (χ4v) is 1.95. The summed E-state index contributed by atoms with van der Waals surface area (Å²) in [6.07, 6.45) is 2.96. The Morgan fingerprint density at radius 1 is 1.56 bits per heavy atom. The summed E-state index contributed by atoms with van der Waals surface area (Å²) in [7, 11) is 0. The molecule has 0 aliphatic carbocycles. The Morgan fingerprint density at radius 3 is 3.06 bits per heavy atom. The molecule has 96 valence electrons. The fraction of sp³-hybridized carbons (Fsp3) is 0.417. The average molecular weight is 250 g/mol. The minimum Gasteiger partial charge on any atom is -0.481 e. The van der Waals surface area contributed by atoms with E-state index in [-0.39, 0.29) is 18.9 Å². The maximum atomic E-state index is 12.2. The monoisotopic (exact) mass is 250 g/mol. The second-order valence-electron chi connectivity index (χ2n) is 4.07. The predicted molar refractivity (Wildman–Crippen MR) is 62.1 cm³/mol. The number of ether oxygens (including phenoxy) is 1. The molecule has 0 spiro atoms. The smallest absolute Gasteiger partial charge is 0.305 e.